The molecule has 0 aliphatic rings. The van der Waals surface area contributed by atoms with Gasteiger partial charge in [-0.25, -0.2) is 9.59 Å². The molecular formula is C13H19N3O4. The summed E-state index contributed by atoms with van der Waals surface area (Å²) in [6.07, 6.45) is 1.02. The van der Waals surface area contributed by atoms with Gasteiger partial charge in [-0.05, 0) is 12.0 Å². The number of guanidine groups is 1. The van der Waals surface area contributed by atoms with Crippen LogP contribution < -0.4 is 10.6 Å². The second-order valence-electron chi connectivity index (χ2n) is 3.59. The Bertz CT molecular complexity index is 434. The summed E-state index contributed by atoms with van der Waals surface area (Å²) in [5.41, 5.74) is 1.34. The van der Waals surface area contributed by atoms with E-state index in [-0.39, 0.29) is 0 Å². The minimum atomic E-state index is -1.82. The Hall–Kier alpha value is -2.57. The fourth-order valence-electron chi connectivity index (χ4n) is 1.25. The van der Waals surface area contributed by atoms with Crippen molar-refractivity contribution in [2.75, 3.05) is 20.6 Å². The highest BCUT2D eigenvalue weighted by Gasteiger charge is 2.04. The van der Waals surface area contributed by atoms with Crippen LogP contribution in [0.2, 0.25) is 0 Å². The van der Waals surface area contributed by atoms with Crippen LogP contribution in [0.3, 0.4) is 0 Å². The van der Waals surface area contributed by atoms with Crippen molar-refractivity contribution in [3.05, 3.63) is 35.9 Å². The molecule has 0 spiro atoms. The molecular weight excluding hydrogens is 262 g/mol. The Balaban J connectivity index is 0.000000511. The maximum Gasteiger partial charge on any atom is 0.414 e. The topological polar surface area (TPSA) is 111 Å². The van der Waals surface area contributed by atoms with E-state index in [1.165, 1.54) is 5.56 Å². The molecule has 0 atom stereocenters. The molecule has 4 N–H and O–H groups in total. The van der Waals surface area contributed by atoms with Gasteiger partial charge in [-0.2, -0.15) is 0 Å². The number of aliphatic imine (C=N–C) groups is 1. The van der Waals surface area contributed by atoms with Crippen LogP contribution in [0, 0.1) is 0 Å². The number of aliphatic carboxylic acids is 2. The SMILES string of the molecule is CN=C(NC)NCCc1ccccc1.O=C(O)C(=O)O. The van der Waals surface area contributed by atoms with Crippen molar-refractivity contribution < 1.29 is 19.8 Å². The van der Waals surface area contributed by atoms with Gasteiger partial charge in [-0.1, -0.05) is 30.3 Å². The normalized spacial score (nSPS) is 10.0. The van der Waals surface area contributed by atoms with E-state index in [9.17, 15) is 0 Å². The van der Waals surface area contributed by atoms with Gasteiger partial charge < -0.3 is 20.8 Å². The number of benzene rings is 1. The molecule has 0 radical (unpaired) electrons. The first-order valence-electron chi connectivity index (χ1n) is 5.89. The zero-order valence-electron chi connectivity index (χ0n) is 11.5. The summed E-state index contributed by atoms with van der Waals surface area (Å²) in [4.78, 5) is 22.2. The minimum Gasteiger partial charge on any atom is -0.473 e. The lowest BCUT2D eigenvalue weighted by Gasteiger charge is -2.07. The fraction of sp³-hybridized carbons (Fsp3) is 0.308. The van der Waals surface area contributed by atoms with Crippen LogP contribution in [0.4, 0.5) is 0 Å². The summed E-state index contributed by atoms with van der Waals surface area (Å²) in [7, 11) is 3.62. The van der Waals surface area contributed by atoms with E-state index in [1.807, 2.05) is 13.1 Å². The van der Waals surface area contributed by atoms with E-state index in [2.05, 4.69) is 39.9 Å². The summed E-state index contributed by atoms with van der Waals surface area (Å²) in [6.45, 7) is 0.900. The number of nitrogens with one attached hydrogen (secondary N) is 2. The van der Waals surface area contributed by atoms with Gasteiger partial charge in [0.25, 0.3) is 0 Å². The van der Waals surface area contributed by atoms with Crippen molar-refractivity contribution in [1.29, 1.82) is 0 Å². The predicted molar refractivity (Wildman–Crippen MR) is 75.8 cm³/mol. The second kappa shape index (κ2) is 10.4. The molecule has 0 bridgehead atoms. The third kappa shape index (κ3) is 8.51. The van der Waals surface area contributed by atoms with E-state index in [0.29, 0.717) is 0 Å². The number of nitrogens with zero attached hydrogens (tertiary/aromatic N) is 1. The highest BCUT2D eigenvalue weighted by Crippen LogP contribution is 1.97. The van der Waals surface area contributed by atoms with Crippen molar-refractivity contribution in [3.63, 3.8) is 0 Å². The van der Waals surface area contributed by atoms with Gasteiger partial charge in [0.1, 0.15) is 0 Å². The monoisotopic (exact) mass is 281 g/mol. The summed E-state index contributed by atoms with van der Waals surface area (Å²) >= 11 is 0. The van der Waals surface area contributed by atoms with E-state index >= 15 is 0 Å². The first kappa shape index (κ1) is 17.4. The molecule has 1 aromatic carbocycles. The molecule has 0 aromatic heterocycles. The van der Waals surface area contributed by atoms with Gasteiger partial charge >= 0.3 is 11.9 Å². The third-order valence-corrected chi connectivity index (χ3v) is 2.19. The van der Waals surface area contributed by atoms with Crippen molar-refractivity contribution in [3.8, 4) is 0 Å². The van der Waals surface area contributed by atoms with Crippen LogP contribution in [-0.2, 0) is 16.0 Å². The standard InChI is InChI=1S/C11H17N3.C2H2O4/c1-12-11(13-2)14-9-8-10-6-4-3-5-7-10;3-1(4)2(5)6/h3-7H,8-9H2,1-2H3,(H2,12,13,14);(H,3,4)(H,5,6). The van der Waals surface area contributed by atoms with Gasteiger partial charge in [-0.3, -0.25) is 4.99 Å². The Labute approximate surface area is 117 Å². The average Bonchev–Trinajstić information content (AvgIpc) is 2.45. The molecule has 0 saturated heterocycles. The Kier molecular flexibility index (Phi) is 9.03. The van der Waals surface area contributed by atoms with Crippen molar-refractivity contribution in [1.82, 2.24) is 10.6 Å². The predicted octanol–water partition coefficient (Wildman–Crippen LogP) is 0.179. The third-order valence-electron chi connectivity index (χ3n) is 2.19. The van der Waals surface area contributed by atoms with Crippen molar-refractivity contribution in [2.24, 2.45) is 4.99 Å². The maximum absolute atomic E-state index is 9.10. The Morgan fingerprint density at radius 2 is 1.70 bits per heavy atom. The molecule has 0 amide bonds. The van der Waals surface area contributed by atoms with E-state index in [4.69, 9.17) is 19.8 Å². The van der Waals surface area contributed by atoms with Gasteiger partial charge in [0, 0.05) is 20.6 Å². The number of carboxylic acids is 2. The lowest BCUT2D eigenvalue weighted by Crippen LogP contribution is -2.35. The zero-order valence-corrected chi connectivity index (χ0v) is 11.5. The Morgan fingerprint density at radius 1 is 1.15 bits per heavy atom. The second-order valence-corrected chi connectivity index (χ2v) is 3.59. The lowest BCUT2D eigenvalue weighted by molar-refractivity contribution is -0.159. The smallest absolute Gasteiger partial charge is 0.414 e. The van der Waals surface area contributed by atoms with Crippen LogP contribution in [0.5, 0.6) is 0 Å². The van der Waals surface area contributed by atoms with E-state index < -0.39 is 11.9 Å². The van der Waals surface area contributed by atoms with Crippen LogP contribution in [0.1, 0.15) is 5.56 Å². The van der Waals surface area contributed by atoms with Crippen LogP contribution >= 0.6 is 0 Å². The summed E-state index contributed by atoms with van der Waals surface area (Å²) < 4.78 is 0. The lowest BCUT2D eigenvalue weighted by atomic mass is 10.1. The molecule has 0 unspecified atom stereocenters. The largest absolute Gasteiger partial charge is 0.473 e. The minimum absolute atomic E-state index is 0.834. The van der Waals surface area contributed by atoms with Gasteiger partial charge in [0.05, 0.1) is 0 Å². The fourth-order valence-corrected chi connectivity index (χ4v) is 1.25. The van der Waals surface area contributed by atoms with Crippen molar-refractivity contribution >= 4 is 17.9 Å². The maximum atomic E-state index is 9.10. The molecule has 0 aliphatic carbocycles. The average molecular weight is 281 g/mol. The summed E-state index contributed by atoms with van der Waals surface area (Å²) in [6, 6.07) is 10.4. The highest BCUT2D eigenvalue weighted by molar-refractivity contribution is 6.27. The van der Waals surface area contributed by atoms with Crippen molar-refractivity contribution in [2.45, 2.75) is 6.42 Å². The molecule has 1 aromatic rings. The number of carbonyl (C=O) groups is 2. The van der Waals surface area contributed by atoms with E-state index in [0.717, 1.165) is 18.9 Å². The first-order chi connectivity index (χ1) is 9.51. The van der Waals surface area contributed by atoms with Crippen LogP contribution in [0.25, 0.3) is 0 Å². The van der Waals surface area contributed by atoms with Gasteiger partial charge in [-0.15, -0.1) is 0 Å². The molecule has 110 valence electrons. The molecule has 7 heteroatoms. The molecule has 0 aliphatic heterocycles. The highest BCUT2D eigenvalue weighted by atomic mass is 16.4. The number of hydrogen-bond donors (Lipinski definition) is 4. The van der Waals surface area contributed by atoms with Gasteiger partial charge in [0.2, 0.25) is 0 Å². The molecule has 20 heavy (non-hydrogen) atoms. The quantitative estimate of drug-likeness (QED) is 0.357. The molecule has 1 rings (SSSR count). The number of hydrogen-bond acceptors (Lipinski definition) is 3. The Morgan fingerprint density at radius 3 is 2.10 bits per heavy atom. The zero-order chi connectivity index (χ0) is 15.4. The summed E-state index contributed by atoms with van der Waals surface area (Å²) in [5, 5.41) is 21.0. The number of rotatable bonds is 3. The van der Waals surface area contributed by atoms with Crippen LogP contribution in [-0.4, -0.2) is 48.8 Å². The van der Waals surface area contributed by atoms with Gasteiger partial charge in [0.15, 0.2) is 5.96 Å². The van der Waals surface area contributed by atoms with E-state index in [1.54, 1.807) is 7.05 Å². The summed E-state index contributed by atoms with van der Waals surface area (Å²) in [5.74, 6) is -2.81. The molecule has 7 nitrogen and oxygen atoms in total. The molecule has 0 fully saturated rings. The molecule has 0 saturated carbocycles. The van der Waals surface area contributed by atoms with Crippen LogP contribution in [0.15, 0.2) is 35.3 Å². The molecule has 0 heterocycles. The number of carboxylic acid groups (broad SMARTS) is 2. The first-order valence-corrected chi connectivity index (χ1v) is 5.89.